The van der Waals surface area contributed by atoms with Crippen molar-refractivity contribution in [3.05, 3.63) is 40.2 Å². The summed E-state index contributed by atoms with van der Waals surface area (Å²) in [6.07, 6.45) is -2.91. The van der Waals surface area contributed by atoms with Gasteiger partial charge in [0.1, 0.15) is 29.7 Å². The van der Waals surface area contributed by atoms with Gasteiger partial charge in [-0.05, 0) is 6.07 Å². The van der Waals surface area contributed by atoms with Crippen LogP contribution < -0.4 is 5.32 Å². The van der Waals surface area contributed by atoms with E-state index in [1.165, 1.54) is 6.33 Å². The number of nitrogens with zero attached hydrogens (tertiary/aromatic N) is 4. The summed E-state index contributed by atoms with van der Waals surface area (Å²) in [4.78, 5) is 16.7. The first kappa shape index (κ1) is 13.7. The van der Waals surface area contributed by atoms with Gasteiger partial charge in [0.25, 0.3) is 0 Å². The van der Waals surface area contributed by atoms with Gasteiger partial charge in [0.15, 0.2) is 0 Å². The molecule has 0 atom stereocenters. The molecule has 2 heterocycles. The molecule has 2 rings (SSSR count). The third-order valence-corrected chi connectivity index (χ3v) is 2.28. The van der Waals surface area contributed by atoms with E-state index in [9.17, 15) is 23.3 Å². The average molecular weight is 288 g/mol. The van der Waals surface area contributed by atoms with Crippen LogP contribution in [0, 0.1) is 10.1 Å². The van der Waals surface area contributed by atoms with Gasteiger partial charge in [-0.1, -0.05) is 0 Å². The number of H-pyrrole nitrogens is 1. The lowest BCUT2D eigenvalue weighted by Crippen LogP contribution is -2.11. The van der Waals surface area contributed by atoms with E-state index in [0.717, 1.165) is 0 Å². The smallest absolute Gasteiger partial charge is 0.372 e. The predicted molar refractivity (Wildman–Crippen MR) is 59.6 cm³/mol. The lowest BCUT2D eigenvalue weighted by molar-refractivity contribution is -0.384. The number of hydrogen-bond donors (Lipinski definition) is 2. The highest BCUT2D eigenvalue weighted by Gasteiger charge is 2.34. The molecule has 0 saturated heterocycles. The molecule has 0 spiro atoms. The SMILES string of the molecule is O=[N+]([O-])c1cnc(C(F)(F)F)cc1NCc1ncn[nH]1. The Morgan fingerprint density at radius 1 is 1.40 bits per heavy atom. The zero-order chi connectivity index (χ0) is 14.8. The summed E-state index contributed by atoms with van der Waals surface area (Å²) in [5.41, 5.74) is -2.07. The number of aromatic nitrogens is 4. The normalized spacial score (nSPS) is 11.3. The van der Waals surface area contributed by atoms with E-state index in [2.05, 4.69) is 25.5 Å². The summed E-state index contributed by atoms with van der Waals surface area (Å²) in [7, 11) is 0. The molecule has 0 bridgehead atoms. The van der Waals surface area contributed by atoms with Crippen LogP contribution in [0.15, 0.2) is 18.6 Å². The minimum atomic E-state index is -4.68. The molecule has 0 radical (unpaired) electrons. The summed E-state index contributed by atoms with van der Waals surface area (Å²) in [5, 5.41) is 19.3. The fourth-order valence-electron chi connectivity index (χ4n) is 1.39. The number of pyridine rings is 1. The average Bonchev–Trinajstić information content (AvgIpc) is 2.87. The van der Waals surface area contributed by atoms with Crippen LogP contribution in [0.1, 0.15) is 11.5 Å². The van der Waals surface area contributed by atoms with E-state index in [1.807, 2.05) is 0 Å². The molecule has 8 nitrogen and oxygen atoms in total. The fourth-order valence-corrected chi connectivity index (χ4v) is 1.39. The van der Waals surface area contributed by atoms with Gasteiger partial charge in [-0.2, -0.15) is 18.3 Å². The van der Waals surface area contributed by atoms with E-state index in [4.69, 9.17) is 0 Å². The number of halogens is 3. The topological polar surface area (TPSA) is 110 Å². The second-order valence-corrected chi connectivity index (χ2v) is 3.63. The van der Waals surface area contributed by atoms with Crippen LogP contribution in [-0.4, -0.2) is 25.1 Å². The quantitative estimate of drug-likeness (QED) is 0.655. The largest absolute Gasteiger partial charge is 0.433 e. The molecule has 0 aliphatic carbocycles. The Morgan fingerprint density at radius 3 is 2.70 bits per heavy atom. The molecular formula is C9H7F3N6O2. The van der Waals surface area contributed by atoms with Gasteiger partial charge in [0, 0.05) is 0 Å². The second kappa shape index (κ2) is 5.11. The Hall–Kier alpha value is -2.72. The molecule has 2 N–H and O–H groups in total. The highest BCUT2D eigenvalue weighted by Crippen LogP contribution is 2.32. The van der Waals surface area contributed by atoms with E-state index in [0.29, 0.717) is 18.1 Å². The highest BCUT2D eigenvalue weighted by atomic mass is 19.4. The molecule has 11 heteroatoms. The monoisotopic (exact) mass is 288 g/mol. The van der Waals surface area contributed by atoms with Gasteiger partial charge in [0.2, 0.25) is 0 Å². The maximum Gasteiger partial charge on any atom is 0.433 e. The molecule has 106 valence electrons. The first-order valence-corrected chi connectivity index (χ1v) is 5.17. The standard InChI is InChI=1S/C9H7F3N6O2/c10-9(11,12)7-1-5(6(2-14-7)18(19)20)13-3-8-15-4-16-17-8/h1-2,4H,3H2,(H,13,14)(H,15,16,17). The summed E-state index contributed by atoms with van der Waals surface area (Å²) in [5.74, 6) is 0.324. The zero-order valence-electron chi connectivity index (χ0n) is 9.68. The van der Waals surface area contributed by atoms with E-state index in [-0.39, 0.29) is 12.2 Å². The molecular weight excluding hydrogens is 281 g/mol. The minimum Gasteiger partial charge on any atom is -0.372 e. The van der Waals surface area contributed by atoms with Crippen LogP contribution in [0.5, 0.6) is 0 Å². The van der Waals surface area contributed by atoms with Crippen molar-refractivity contribution < 1.29 is 18.1 Å². The Kier molecular flexibility index (Phi) is 3.50. The number of nitrogens with one attached hydrogen (secondary N) is 2. The fraction of sp³-hybridized carbons (Fsp3) is 0.222. The summed E-state index contributed by atoms with van der Waals surface area (Å²) < 4.78 is 37.6. The first-order chi connectivity index (χ1) is 9.38. The Labute approximate surface area is 109 Å². The molecule has 2 aromatic heterocycles. The number of rotatable bonds is 4. The third kappa shape index (κ3) is 2.99. The second-order valence-electron chi connectivity index (χ2n) is 3.63. The number of nitro groups is 1. The van der Waals surface area contributed by atoms with Crippen molar-refractivity contribution in [3.8, 4) is 0 Å². The molecule has 0 aromatic carbocycles. The number of hydrogen-bond acceptors (Lipinski definition) is 6. The van der Waals surface area contributed by atoms with Crippen molar-refractivity contribution in [3.63, 3.8) is 0 Å². The van der Waals surface area contributed by atoms with Gasteiger partial charge in [-0.25, -0.2) is 9.97 Å². The van der Waals surface area contributed by atoms with E-state index >= 15 is 0 Å². The maximum absolute atomic E-state index is 12.5. The third-order valence-electron chi connectivity index (χ3n) is 2.28. The first-order valence-electron chi connectivity index (χ1n) is 5.17. The van der Waals surface area contributed by atoms with Crippen LogP contribution >= 0.6 is 0 Å². The Balaban J connectivity index is 2.29. The lowest BCUT2D eigenvalue weighted by Gasteiger charge is -2.09. The van der Waals surface area contributed by atoms with E-state index in [1.54, 1.807) is 0 Å². The summed E-state index contributed by atoms with van der Waals surface area (Å²) >= 11 is 0. The van der Waals surface area contributed by atoms with Crippen LogP contribution in [0.25, 0.3) is 0 Å². The Morgan fingerprint density at radius 2 is 2.15 bits per heavy atom. The van der Waals surface area contributed by atoms with Crippen molar-refractivity contribution >= 4 is 11.4 Å². The molecule has 0 saturated carbocycles. The maximum atomic E-state index is 12.5. The van der Waals surface area contributed by atoms with Crippen molar-refractivity contribution in [1.82, 2.24) is 20.2 Å². The van der Waals surface area contributed by atoms with Crippen LogP contribution in [-0.2, 0) is 12.7 Å². The molecule has 0 aliphatic heterocycles. The van der Waals surface area contributed by atoms with Crippen LogP contribution in [0.2, 0.25) is 0 Å². The minimum absolute atomic E-state index is 0.0395. The lowest BCUT2D eigenvalue weighted by atomic mass is 10.2. The molecule has 2 aromatic rings. The van der Waals surface area contributed by atoms with Gasteiger partial charge >= 0.3 is 11.9 Å². The molecule has 20 heavy (non-hydrogen) atoms. The summed E-state index contributed by atoms with van der Waals surface area (Å²) in [6, 6.07) is 0.578. The number of aromatic amines is 1. The number of anilines is 1. The molecule has 0 aliphatic rings. The van der Waals surface area contributed by atoms with Crippen molar-refractivity contribution in [1.29, 1.82) is 0 Å². The van der Waals surface area contributed by atoms with Crippen molar-refractivity contribution in [2.45, 2.75) is 12.7 Å². The van der Waals surface area contributed by atoms with Crippen molar-refractivity contribution in [2.24, 2.45) is 0 Å². The van der Waals surface area contributed by atoms with Gasteiger partial charge in [-0.15, -0.1) is 0 Å². The predicted octanol–water partition coefficient (Wildman–Crippen LogP) is 1.74. The van der Waals surface area contributed by atoms with E-state index < -0.39 is 22.5 Å². The molecule has 0 fully saturated rings. The highest BCUT2D eigenvalue weighted by molar-refractivity contribution is 5.61. The zero-order valence-corrected chi connectivity index (χ0v) is 9.68. The van der Waals surface area contributed by atoms with Gasteiger partial charge in [0.05, 0.1) is 11.5 Å². The van der Waals surface area contributed by atoms with Gasteiger partial charge in [-0.3, -0.25) is 15.2 Å². The summed E-state index contributed by atoms with van der Waals surface area (Å²) in [6.45, 7) is -0.0395. The number of alkyl halides is 3. The van der Waals surface area contributed by atoms with Crippen LogP contribution in [0.3, 0.4) is 0 Å². The molecule has 0 unspecified atom stereocenters. The van der Waals surface area contributed by atoms with Crippen molar-refractivity contribution in [2.75, 3.05) is 5.32 Å². The Bertz CT molecular complexity index is 613. The van der Waals surface area contributed by atoms with Gasteiger partial charge < -0.3 is 5.32 Å². The van der Waals surface area contributed by atoms with Crippen LogP contribution in [0.4, 0.5) is 24.5 Å². The molecule has 0 amide bonds.